The van der Waals surface area contributed by atoms with Crippen molar-refractivity contribution in [2.75, 3.05) is 5.32 Å². The normalized spacial score (nSPS) is 12.7. The smallest absolute Gasteiger partial charge is 0.149 e. The van der Waals surface area contributed by atoms with Gasteiger partial charge in [0.05, 0.1) is 12.0 Å². The molecule has 0 amide bonds. The van der Waals surface area contributed by atoms with Crippen LogP contribution in [0.15, 0.2) is 73.3 Å². The summed E-state index contributed by atoms with van der Waals surface area (Å²) >= 11 is 0. The standard InChI is InChI=1S/C24H23N5/c1-2-6-22(19-10-8-18(9-11-19)16-29-13-12-25-17-29)21(4-1)15-26-24-14-20-5-3-7-23(20)27-28-24/h1-2,4,6,8-14,17H,3,5,7,15-16H2,(H,26,28). The van der Waals surface area contributed by atoms with Crippen LogP contribution in [0.3, 0.4) is 0 Å². The number of aryl methyl sites for hydroxylation is 2. The minimum atomic E-state index is 0.723. The molecule has 144 valence electrons. The lowest BCUT2D eigenvalue weighted by atomic mass is 9.98. The predicted octanol–water partition coefficient (Wildman–Crippen LogP) is 4.49. The molecular formula is C24H23N5. The molecule has 4 aromatic rings. The number of anilines is 1. The maximum atomic E-state index is 4.37. The maximum absolute atomic E-state index is 4.37. The lowest BCUT2D eigenvalue weighted by Crippen LogP contribution is -2.05. The van der Waals surface area contributed by atoms with E-state index in [9.17, 15) is 0 Å². The SMILES string of the molecule is c1ccc(-c2ccc(Cn3ccnc3)cc2)c(CNc2cc3c(nn2)CCC3)c1. The fraction of sp³-hybridized carbons (Fsp3) is 0.208. The van der Waals surface area contributed by atoms with Crippen LogP contribution in [-0.4, -0.2) is 19.7 Å². The number of nitrogens with zero attached hydrogens (tertiary/aromatic N) is 4. The van der Waals surface area contributed by atoms with Gasteiger partial charge in [-0.2, -0.15) is 5.10 Å². The lowest BCUT2D eigenvalue weighted by Gasteiger charge is -2.12. The zero-order chi connectivity index (χ0) is 19.5. The number of rotatable bonds is 6. The van der Waals surface area contributed by atoms with Gasteiger partial charge in [0, 0.05) is 25.5 Å². The van der Waals surface area contributed by atoms with Crippen molar-refractivity contribution in [1.29, 1.82) is 0 Å². The highest BCUT2D eigenvalue weighted by Gasteiger charge is 2.13. The van der Waals surface area contributed by atoms with Crippen LogP contribution in [0, 0.1) is 0 Å². The Morgan fingerprint density at radius 2 is 1.86 bits per heavy atom. The van der Waals surface area contributed by atoms with Gasteiger partial charge in [-0.25, -0.2) is 4.98 Å². The van der Waals surface area contributed by atoms with Crippen molar-refractivity contribution < 1.29 is 0 Å². The fourth-order valence-corrected chi connectivity index (χ4v) is 3.94. The Bertz CT molecular complexity index is 1100. The second kappa shape index (κ2) is 7.87. The molecule has 1 aliphatic rings. The predicted molar refractivity (Wildman–Crippen MR) is 115 cm³/mol. The molecule has 5 heteroatoms. The van der Waals surface area contributed by atoms with Crippen LogP contribution in [0.25, 0.3) is 11.1 Å². The molecular weight excluding hydrogens is 358 g/mol. The first kappa shape index (κ1) is 17.6. The number of fused-ring (bicyclic) bond motifs is 1. The monoisotopic (exact) mass is 381 g/mol. The second-order valence-electron chi connectivity index (χ2n) is 7.50. The van der Waals surface area contributed by atoms with E-state index in [1.807, 2.05) is 18.7 Å². The molecule has 0 atom stereocenters. The number of benzene rings is 2. The summed E-state index contributed by atoms with van der Waals surface area (Å²) in [6.45, 7) is 1.56. The average Bonchev–Trinajstić information content (AvgIpc) is 3.44. The minimum Gasteiger partial charge on any atom is -0.364 e. The summed E-state index contributed by atoms with van der Waals surface area (Å²) in [7, 11) is 0. The van der Waals surface area contributed by atoms with E-state index < -0.39 is 0 Å². The van der Waals surface area contributed by atoms with Crippen molar-refractivity contribution in [1.82, 2.24) is 19.7 Å². The molecule has 1 aliphatic carbocycles. The van der Waals surface area contributed by atoms with Gasteiger partial charge in [-0.1, -0.05) is 48.5 Å². The van der Waals surface area contributed by atoms with Gasteiger partial charge in [-0.15, -0.1) is 5.10 Å². The molecule has 2 aromatic carbocycles. The molecule has 0 unspecified atom stereocenters. The van der Waals surface area contributed by atoms with Gasteiger partial charge >= 0.3 is 0 Å². The Morgan fingerprint density at radius 1 is 0.966 bits per heavy atom. The molecule has 0 radical (unpaired) electrons. The zero-order valence-corrected chi connectivity index (χ0v) is 16.3. The fourth-order valence-electron chi connectivity index (χ4n) is 3.94. The molecule has 5 nitrogen and oxygen atoms in total. The Hall–Kier alpha value is -3.47. The van der Waals surface area contributed by atoms with Gasteiger partial charge in [-0.05, 0) is 53.1 Å². The molecule has 0 saturated heterocycles. The maximum Gasteiger partial charge on any atom is 0.149 e. The van der Waals surface area contributed by atoms with Crippen LogP contribution >= 0.6 is 0 Å². The first-order valence-corrected chi connectivity index (χ1v) is 10.1. The van der Waals surface area contributed by atoms with E-state index >= 15 is 0 Å². The topological polar surface area (TPSA) is 55.6 Å². The average molecular weight is 381 g/mol. The molecule has 2 heterocycles. The van der Waals surface area contributed by atoms with Crippen molar-refractivity contribution in [3.63, 3.8) is 0 Å². The van der Waals surface area contributed by atoms with Crippen LogP contribution in [0.2, 0.25) is 0 Å². The van der Waals surface area contributed by atoms with Gasteiger partial charge in [0.15, 0.2) is 0 Å². The first-order valence-electron chi connectivity index (χ1n) is 10.1. The van der Waals surface area contributed by atoms with E-state index in [1.54, 1.807) is 0 Å². The first-order chi connectivity index (χ1) is 14.3. The molecule has 29 heavy (non-hydrogen) atoms. The van der Waals surface area contributed by atoms with Gasteiger partial charge in [-0.3, -0.25) is 0 Å². The largest absolute Gasteiger partial charge is 0.364 e. The Balaban J connectivity index is 1.32. The number of hydrogen-bond acceptors (Lipinski definition) is 4. The van der Waals surface area contributed by atoms with Crippen molar-refractivity contribution >= 4 is 5.82 Å². The second-order valence-corrected chi connectivity index (χ2v) is 7.50. The number of imidazole rings is 1. The lowest BCUT2D eigenvalue weighted by molar-refractivity contribution is 0.797. The van der Waals surface area contributed by atoms with Gasteiger partial charge < -0.3 is 9.88 Å². The Morgan fingerprint density at radius 3 is 2.72 bits per heavy atom. The van der Waals surface area contributed by atoms with Crippen LogP contribution < -0.4 is 5.32 Å². The number of nitrogens with one attached hydrogen (secondary N) is 1. The number of aromatic nitrogens is 4. The van der Waals surface area contributed by atoms with Crippen LogP contribution in [0.4, 0.5) is 5.82 Å². The highest BCUT2D eigenvalue weighted by Crippen LogP contribution is 2.26. The summed E-state index contributed by atoms with van der Waals surface area (Å²) in [6.07, 6.45) is 8.99. The van der Waals surface area contributed by atoms with E-state index in [-0.39, 0.29) is 0 Å². The summed E-state index contributed by atoms with van der Waals surface area (Å²) in [5, 5.41) is 12.2. The number of hydrogen-bond donors (Lipinski definition) is 1. The third-order valence-corrected chi connectivity index (χ3v) is 5.49. The zero-order valence-electron chi connectivity index (χ0n) is 16.3. The summed E-state index contributed by atoms with van der Waals surface area (Å²) in [6, 6.07) is 19.4. The molecule has 0 saturated carbocycles. The van der Waals surface area contributed by atoms with Crippen molar-refractivity contribution in [3.8, 4) is 11.1 Å². The summed E-state index contributed by atoms with van der Waals surface area (Å²) in [4.78, 5) is 4.11. The van der Waals surface area contributed by atoms with E-state index in [1.165, 1.54) is 34.2 Å². The summed E-state index contributed by atoms with van der Waals surface area (Å²) in [5.74, 6) is 0.858. The van der Waals surface area contributed by atoms with E-state index in [0.717, 1.165) is 37.4 Å². The third kappa shape index (κ3) is 3.90. The molecule has 0 spiro atoms. The quantitative estimate of drug-likeness (QED) is 0.535. The van der Waals surface area contributed by atoms with Crippen LogP contribution in [-0.2, 0) is 25.9 Å². The molecule has 1 N–H and O–H groups in total. The third-order valence-electron chi connectivity index (χ3n) is 5.49. The Labute approximate surface area is 170 Å². The Kier molecular flexibility index (Phi) is 4.78. The van der Waals surface area contributed by atoms with Crippen LogP contribution in [0.1, 0.15) is 28.8 Å². The van der Waals surface area contributed by atoms with Crippen LogP contribution in [0.5, 0.6) is 0 Å². The molecule has 0 bridgehead atoms. The van der Waals surface area contributed by atoms with E-state index in [0.29, 0.717) is 0 Å². The van der Waals surface area contributed by atoms with Gasteiger partial charge in [0.2, 0.25) is 0 Å². The minimum absolute atomic E-state index is 0.723. The summed E-state index contributed by atoms with van der Waals surface area (Å²) in [5.41, 5.74) is 7.46. The highest BCUT2D eigenvalue weighted by atomic mass is 15.2. The van der Waals surface area contributed by atoms with Crippen molar-refractivity contribution in [2.45, 2.75) is 32.4 Å². The molecule has 0 aliphatic heterocycles. The van der Waals surface area contributed by atoms with Gasteiger partial charge in [0.1, 0.15) is 5.82 Å². The summed E-state index contributed by atoms with van der Waals surface area (Å²) < 4.78 is 2.07. The molecule has 0 fully saturated rings. The molecule has 5 rings (SSSR count). The van der Waals surface area contributed by atoms with E-state index in [4.69, 9.17) is 0 Å². The van der Waals surface area contributed by atoms with Crippen molar-refractivity contribution in [3.05, 3.63) is 95.7 Å². The van der Waals surface area contributed by atoms with Gasteiger partial charge in [0.25, 0.3) is 0 Å². The highest BCUT2D eigenvalue weighted by molar-refractivity contribution is 5.68. The van der Waals surface area contributed by atoms with E-state index in [2.05, 4.69) is 79.7 Å². The van der Waals surface area contributed by atoms with Crippen molar-refractivity contribution in [2.24, 2.45) is 0 Å². The molecule has 2 aromatic heterocycles.